The van der Waals surface area contributed by atoms with E-state index in [1.54, 1.807) is 6.20 Å². The Morgan fingerprint density at radius 2 is 1.85 bits per heavy atom. The first-order chi connectivity index (χ1) is 16.0. The van der Waals surface area contributed by atoms with E-state index in [1.165, 1.54) is 17.0 Å². The number of rotatable bonds is 5. The van der Waals surface area contributed by atoms with Crippen LogP contribution in [0.25, 0.3) is 5.69 Å². The van der Waals surface area contributed by atoms with Crippen LogP contribution >= 0.6 is 28.1 Å². The minimum atomic E-state index is -0.0470. The van der Waals surface area contributed by atoms with Crippen molar-refractivity contribution >= 4 is 33.3 Å². The minimum Gasteiger partial charge on any atom is -0.352 e. The highest BCUT2D eigenvalue weighted by Gasteiger charge is 2.41. The fourth-order valence-electron chi connectivity index (χ4n) is 4.68. The van der Waals surface area contributed by atoms with E-state index in [2.05, 4.69) is 97.0 Å². The lowest BCUT2D eigenvalue weighted by Gasteiger charge is -2.28. The van der Waals surface area contributed by atoms with Crippen molar-refractivity contribution in [3.63, 3.8) is 0 Å². The predicted octanol–water partition coefficient (Wildman–Crippen LogP) is 5.82. The van der Waals surface area contributed by atoms with Gasteiger partial charge in [-0.2, -0.15) is 0 Å². The molecule has 2 atom stereocenters. The molecule has 1 N–H and O–H groups in total. The third-order valence-corrected chi connectivity index (χ3v) is 7.03. The molecule has 166 valence electrons. The van der Waals surface area contributed by atoms with Gasteiger partial charge in [0.25, 0.3) is 0 Å². The number of pyridine rings is 2. The second kappa shape index (κ2) is 9.08. The number of halogens is 1. The van der Waals surface area contributed by atoms with Crippen molar-refractivity contribution in [3.05, 3.63) is 112 Å². The lowest BCUT2D eigenvalue weighted by Crippen LogP contribution is -2.29. The van der Waals surface area contributed by atoms with Crippen molar-refractivity contribution in [3.8, 4) is 5.69 Å². The SMILES string of the molecule is Cc1cc([C@@H]2[C@H](c3ccccn3)NC(=S)N2Cc2cccnc2)c(C)n1-c1ccc(Br)cc1. The van der Waals surface area contributed by atoms with Gasteiger partial charge in [0.2, 0.25) is 0 Å². The molecule has 1 aliphatic heterocycles. The number of aromatic nitrogens is 3. The highest BCUT2D eigenvalue weighted by atomic mass is 79.9. The van der Waals surface area contributed by atoms with Gasteiger partial charge < -0.3 is 14.8 Å². The van der Waals surface area contributed by atoms with E-state index in [0.29, 0.717) is 6.54 Å². The highest BCUT2D eigenvalue weighted by Crippen LogP contribution is 2.42. The summed E-state index contributed by atoms with van der Waals surface area (Å²) >= 11 is 9.38. The molecule has 4 aromatic rings. The number of aryl methyl sites for hydroxylation is 1. The van der Waals surface area contributed by atoms with Gasteiger partial charge in [-0.25, -0.2) is 0 Å². The Morgan fingerprint density at radius 3 is 2.55 bits per heavy atom. The van der Waals surface area contributed by atoms with Crippen molar-refractivity contribution in [2.45, 2.75) is 32.5 Å². The molecule has 0 bridgehead atoms. The van der Waals surface area contributed by atoms with Gasteiger partial charge in [-0.3, -0.25) is 9.97 Å². The maximum atomic E-state index is 5.84. The molecule has 5 rings (SSSR count). The second-order valence-electron chi connectivity index (χ2n) is 8.25. The molecular weight excluding hydrogens is 494 g/mol. The number of thiocarbonyl (C=S) groups is 1. The van der Waals surface area contributed by atoms with E-state index in [9.17, 15) is 0 Å². The second-order valence-corrected chi connectivity index (χ2v) is 9.56. The zero-order valence-electron chi connectivity index (χ0n) is 18.4. The van der Waals surface area contributed by atoms with Crippen LogP contribution in [0.15, 0.2) is 83.7 Å². The molecule has 33 heavy (non-hydrogen) atoms. The summed E-state index contributed by atoms with van der Waals surface area (Å²) in [7, 11) is 0. The van der Waals surface area contributed by atoms with Crippen LogP contribution in [-0.2, 0) is 6.54 Å². The van der Waals surface area contributed by atoms with E-state index < -0.39 is 0 Å². The average Bonchev–Trinajstić information content (AvgIpc) is 3.31. The van der Waals surface area contributed by atoms with E-state index in [1.807, 2.05) is 30.6 Å². The summed E-state index contributed by atoms with van der Waals surface area (Å²) < 4.78 is 3.37. The quantitative estimate of drug-likeness (QED) is 0.338. The maximum Gasteiger partial charge on any atom is 0.170 e. The summed E-state index contributed by atoms with van der Waals surface area (Å²) in [5.74, 6) is 0. The molecule has 1 aliphatic rings. The molecule has 0 amide bonds. The molecule has 1 fully saturated rings. The standard InChI is InChI=1S/C26H24BrN5S/c1-17-14-22(18(2)32(17)21-10-8-20(27)9-11-21)25-24(23-7-3-4-13-29-23)30-26(33)31(25)16-19-6-5-12-28-15-19/h3-15,24-25H,16H2,1-2H3,(H,30,33)/t24-,25+/m0/s1. The maximum absolute atomic E-state index is 5.84. The Morgan fingerprint density at radius 1 is 1.03 bits per heavy atom. The zero-order valence-corrected chi connectivity index (χ0v) is 20.8. The molecular formula is C26H24BrN5S. The minimum absolute atomic E-state index is 0.00278. The number of hydrogen-bond acceptors (Lipinski definition) is 3. The van der Waals surface area contributed by atoms with Gasteiger partial charge in [-0.15, -0.1) is 0 Å². The van der Waals surface area contributed by atoms with E-state index >= 15 is 0 Å². The van der Waals surface area contributed by atoms with Crippen molar-refractivity contribution < 1.29 is 0 Å². The van der Waals surface area contributed by atoms with Crippen LogP contribution in [0.2, 0.25) is 0 Å². The lowest BCUT2D eigenvalue weighted by atomic mass is 9.96. The van der Waals surface area contributed by atoms with Crippen molar-refractivity contribution in [1.82, 2.24) is 24.8 Å². The summed E-state index contributed by atoms with van der Waals surface area (Å²) in [5.41, 5.74) is 6.86. The lowest BCUT2D eigenvalue weighted by molar-refractivity contribution is 0.310. The van der Waals surface area contributed by atoms with Gasteiger partial charge in [0.15, 0.2) is 5.11 Å². The molecule has 1 aromatic carbocycles. The molecule has 7 heteroatoms. The summed E-state index contributed by atoms with van der Waals surface area (Å²) in [5, 5.41) is 4.28. The van der Waals surface area contributed by atoms with Crippen LogP contribution in [-0.4, -0.2) is 24.5 Å². The van der Waals surface area contributed by atoms with E-state index in [4.69, 9.17) is 12.2 Å². The highest BCUT2D eigenvalue weighted by molar-refractivity contribution is 9.10. The Bertz CT molecular complexity index is 1270. The zero-order chi connectivity index (χ0) is 22.9. The average molecular weight is 518 g/mol. The molecule has 3 aromatic heterocycles. The summed E-state index contributed by atoms with van der Waals surface area (Å²) in [4.78, 5) is 11.2. The fraction of sp³-hybridized carbons (Fsp3) is 0.192. The molecule has 0 unspecified atom stereocenters. The number of nitrogens with one attached hydrogen (secondary N) is 1. The third-order valence-electron chi connectivity index (χ3n) is 6.15. The fourth-order valence-corrected chi connectivity index (χ4v) is 5.25. The largest absolute Gasteiger partial charge is 0.352 e. The molecule has 4 heterocycles. The van der Waals surface area contributed by atoms with Crippen molar-refractivity contribution in [2.75, 3.05) is 0 Å². The monoisotopic (exact) mass is 517 g/mol. The smallest absolute Gasteiger partial charge is 0.170 e. The predicted molar refractivity (Wildman–Crippen MR) is 138 cm³/mol. The summed E-state index contributed by atoms with van der Waals surface area (Å²) in [6.45, 7) is 5.01. The van der Waals surface area contributed by atoms with Crippen LogP contribution in [0.4, 0.5) is 0 Å². The van der Waals surface area contributed by atoms with Gasteiger partial charge in [0.1, 0.15) is 0 Å². The normalized spacial score (nSPS) is 17.9. The van der Waals surface area contributed by atoms with E-state index in [-0.39, 0.29) is 12.1 Å². The van der Waals surface area contributed by atoms with Gasteiger partial charge in [0.05, 0.1) is 17.8 Å². The van der Waals surface area contributed by atoms with Gasteiger partial charge in [0, 0.05) is 46.7 Å². The first-order valence-electron chi connectivity index (χ1n) is 10.8. The Hall–Kier alpha value is -3.03. The van der Waals surface area contributed by atoms with Crippen molar-refractivity contribution in [2.24, 2.45) is 0 Å². The Labute approximate surface area is 207 Å². The van der Waals surface area contributed by atoms with Crippen LogP contribution in [0.5, 0.6) is 0 Å². The molecule has 0 saturated carbocycles. The van der Waals surface area contributed by atoms with Crippen LogP contribution < -0.4 is 5.32 Å². The topological polar surface area (TPSA) is 46.0 Å². The Balaban J connectivity index is 1.61. The van der Waals surface area contributed by atoms with Crippen LogP contribution in [0.3, 0.4) is 0 Å². The molecule has 0 radical (unpaired) electrons. The number of benzene rings is 1. The van der Waals surface area contributed by atoms with Gasteiger partial charge in [-0.05, 0) is 85.7 Å². The molecule has 5 nitrogen and oxygen atoms in total. The first-order valence-corrected chi connectivity index (χ1v) is 12.0. The number of hydrogen-bond donors (Lipinski definition) is 1. The third kappa shape index (κ3) is 4.18. The number of nitrogens with zero attached hydrogens (tertiary/aromatic N) is 4. The van der Waals surface area contributed by atoms with Crippen molar-refractivity contribution in [1.29, 1.82) is 0 Å². The molecule has 0 spiro atoms. The Kier molecular flexibility index (Phi) is 6.00. The summed E-state index contributed by atoms with van der Waals surface area (Å²) in [6.07, 6.45) is 5.54. The molecule has 1 saturated heterocycles. The summed E-state index contributed by atoms with van der Waals surface area (Å²) in [6, 6.07) is 20.7. The van der Waals surface area contributed by atoms with Gasteiger partial charge in [-0.1, -0.05) is 28.1 Å². The van der Waals surface area contributed by atoms with Crippen LogP contribution in [0.1, 0.15) is 40.3 Å². The van der Waals surface area contributed by atoms with Crippen LogP contribution in [0, 0.1) is 13.8 Å². The van der Waals surface area contributed by atoms with E-state index in [0.717, 1.165) is 26.5 Å². The van der Waals surface area contributed by atoms with Gasteiger partial charge >= 0.3 is 0 Å². The molecule has 0 aliphatic carbocycles. The first kappa shape index (κ1) is 21.8.